The fraction of sp³-hybridized carbons (Fsp3) is 0.400. The van der Waals surface area contributed by atoms with E-state index in [2.05, 4.69) is 5.32 Å². The molecule has 0 fully saturated rings. The van der Waals surface area contributed by atoms with E-state index < -0.39 is 0 Å². The van der Waals surface area contributed by atoms with Gasteiger partial charge in [-0.3, -0.25) is 0 Å². The highest BCUT2D eigenvalue weighted by atomic mass is 19.1. The van der Waals surface area contributed by atoms with Crippen LogP contribution in [0.4, 0.5) is 4.39 Å². The highest BCUT2D eigenvalue weighted by Gasteiger charge is 2.09. The number of methoxy groups -OCH3 is 1. The van der Waals surface area contributed by atoms with Crippen LogP contribution < -0.4 is 10.1 Å². The van der Waals surface area contributed by atoms with Crippen molar-refractivity contribution in [3.63, 3.8) is 0 Å². The summed E-state index contributed by atoms with van der Waals surface area (Å²) in [6.45, 7) is 1.91. The molecule has 0 heterocycles. The zero-order valence-electron chi connectivity index (χ0n) is 8.10. The number of rotatable bonds is 3. The lowest BCUT2D eigenvalue weighted by Crippen LogP contribution is -2.13. The highest BCUT2D eigenvalue weighted by Crippen LogP contribution is 2.21. The molecular formula is C10H14FNO. The third-order valence-electron chi connectivity index (χ3n) is 2.11. The molecular weight excluding hydrogens is 169 g/mol. The van der Waals surface area contributed by atoms with E-state index in [-0.39, 0.29) is 11.9 Å². The van der Waals surface area contributed by atoms with E-state index in [0.29, 0.717) is 11.3 Å². The summed E-state index contributed by atoms with van der Waals surface area (Å²) in [5.41, 5.74) is 0.656. The number of hydrogen-bond donors (Lipinski definition) is 1. The molecule has 3 heteroatoms. The van der Waals surface area contributed by atoms with Gasteiger partial charge in [-0.2, -0.15) is 0 Å². The first-order valence-corrected chi connectivity index (χ1v) is 4.19. The lowest BCUT2D eigenvalue weighted by molar-refractivity contribution is 0.410. The molecule has 0 aliphatic heterocycles. The lowest BCUT2D eigenvalue weighted by Gasteiger charge is -2.12. The molecule has 0 saturated heterocycles. The van der Waals surface area contributed by atoms with Crippen molar-refractivity contribution < 1.29 is 9.13 Å². The summed E-state index contributed by atoms with van der Waals surface area (Å²) in [4.78, 5) is 0. The van der Waals surface area contributed by atoms with E-state index >= 15 is 0 Å². The molecule has 0 bridgehead atoms. The Bertz CT molecular complexity index is 288. The Morgan fingerprint density at radius 3 is 2.62 bits per heavy atom. The average molecular weight is 183 g/mol. The summed E-state index contributed by atoms with van der Waals surface area (Å²) < 4.78 is 18.3. The maximum absolute atomic E-state index is 13.4. The molecule has 1 aromatic rings. The van der Waals surface area contributed by atoms with Gasteiger partial charge in [-0.05, 0) is 20.0 Å². The number of hydrogen-bond acceptors (Lipinski definition) is 2. The molecule has 1 rings (SSSR count). The Hall–Kier alpha value is -1.09. The minimum atomic E-state index is -0.235. The van der Waals surface area contributed by atoms with Gasteiger partial charge in [-0.25, -0.2) is 4.39 Å². The predicted molar refractivity (Wildman–Crippen MR) is 50.4 cm³/mol. The Morgan fingerprint density at radius 1 is 1.46 bits per heavy atom. The topological polar surface area (TPSA) is 21.3 Å². The molecule has 0 aliphatic rings. The summed E-state index contributed by atoms with van der Waals surface area (Å²) in [7, 11) is 3.32. The SMILES string of the molecule is CN[C@H](C)c1ccc(OC)cc1F. The van der Waals surface area contributed by atoms with Crippen LogP contribution in [0.5, 0.6) is 5.75 Å². The van der Waals surface area contributed by atoms with Crippen LogP contribution in [0.3, 0.4) is 0 Å². The molecule has 0 unspecified atom stereocenters. The van der Waals surface area contributed by atoms with Crippen molar-refractivity contribution in [2.24, 2.45) is 0 Å². The van der Waals surface area contributed by atoms with Gasteiger partial charge in [-0.15, -0.1) is 0 Å². The van der Waals surface area contributed by atoms with Crippen molar-refractivity contribution in [2.75, 3.05) is 14.2 Å². The second-order valence-corrected chi connectivity index (χ2v) is 2.90. The smallest absolute Gasteiger partial charge is 0.131 e. The summed E-state index contributed by atoms with van der Waals surface area (Å²) in [5.74, 6) is 0.311. The standard InChI is InChI=1S/C10H14FNO/c1-7(12-2)9-5-4-8(13-3)6-10(9)11/h4-7,12H,1-3H3/t7-/m1/s1. The van der Waals surface area contributed by atoms with Crippen LogP contribution in [-0.2, 0) is 0 Å². The number of nitrogens with one attached hydrogen (secondary N) is 1. The Kier molecular flexibility index (Phi) is 3.25. The van der Waals surface area contributed by atoms with Gasteiger partial charge in [0.05, 0.1) is 7.11 Å². The van der Waals surface area contributed by atoms with Gasteiger partial charge >= 0.3 is 0 Å². The summed E-state index contributed by atoms with van der Waals surface area (Å²) >= 11 is 0. The lowest BCUT2D eigenvalue weighted by atomic mass is 10.1. The Balaban J connectivity index is 2.98. The van der Waals surface area contributed by atoms with Crippen LogP contribution in [0.25, 0.3) is 0 Å². The first-order valence-electron chi connectivity index (χ1n) is 4.19. The molecule has 72 valence electrons. The molecule has 2 nitrogen and oxygen atoms in total. The Labute approximate surface area is 77.7 Å². The maximum atomic E-state index is 13.4. The fourth-order valence-electron chi connectivity index (χ4n) is 1.14. The van der Waals surface area contributed by atoms with Crippen LogP contribution in [0.15, 0.2) is 18.2 Å². The summed E-state index contributed by atoms with van der Waals surface area (Å²) in [6, 6.07) is 4.90. The normalized spacial score (nSPS) is 12.6. The first kappa shape index (κ1) is 9.99. The maximum Gasteiger partial charge on any atom is 0.131 e. The molecule has 0 spiro atoms. The van der Waals surface area contributed by atoms with Gasteiger partial charge in [0.25, 0.3) is 0 Å². The molecule has 0 amide bonds. The van der Waals surface area contributed by atoms with Gasteiger partial charge in [-0.1, -0.05) is 6.07 Å². The average Bonchev–Trinajstić information content (AvgIpc) is 2.16. The zero-order chi connectivity index (χ0) is 9.84. The molecule has 1 aromatic carbocycles. The van der Waals surface area contributed by atoms with Gasteiger partial charge in [0.1, 0.15) is 11.6 Å². The van der Waals surface area contributed by atoms with Crippen LogP contribution in [0.2, 0.25) is 0 Å². The predicted octanol–water partition coefficient (Wildman–Crippen LogP) is 2.11. The number of benzene rings is 1. The molecule has 0 aromatic heterocycles. The van der Waals surface area contributed by atoms with Gasteiger partial charge in [0.2, 0.25) is 0 Å². The second-order valence-electron chi connectivity index (χ2n) is 2.90. The molecule has 1 N–H and O–H groups in total. The van der Waals surface area contributed by atoms with E-state index in [4.69, 9.17) is 4.74 Å². The second kappa shape index (κ2) is 4.23. The number of ether oxygens (including phenoxy) is 1. The van der Waals surface area contributed by atoms with Crippen molar-refractivity contribution in [2.45, 2.75) is 13.0 Å². The van der Waals surface area contributed by atoms with Crippen molar-refractivity contribution >= 4 is 0 Å². The highest BCUT2D eigenvalue weighted by molar-refractivity contribution is 5.30. The van der Waals surface area contributed by atoms with Crippen LogP contribution in [0.1, 0.15) is 18.5 Å². The molecule has 1 atom stereocenters. The largest absolute Gasteiger partial charge is 0.497 e. The summed E-state index contributed by atoms with van der Waals surface area (Å²) in [5, 5.41) is 2.98. The van der Waals surface area contributed by atoms with E-state index in [1.54, 1.807) is 19.2 Å². The monoisotopic (exact) mass is 183 g/mol. The van der Waals surface area contributed by atoms with Gasteiger partial charge in [0.15, 0.2) is 0 Å². The molecule has 0 radical (unpaired) electrons. The molecule has 0 aliphatic carbocycles. The minimum Gasteiger partial charge on any atom is -0.497 e. The van der Waals surface area contributed by atoms with E-state index in [1.165, 1.54) is 13.2 Å². The van der Waals surface area contributed by atoms with Gasteiger partial charge < -0.3 is 10.1 Å². The van der Waals surface area contributed by atoms with Crippen molar-refractivity contribution in [1.82, 2.24) is 5.32 Å². The van der Waals surface area contributed by atoms with Crippen LogP contribution in [0, 0.1) is 5.82 Å². The Morgan fingerprint density at radius 2 is 2.15 bits per heavy atom. The van der Waals surface area contributed by atoms with Crippen LogP contribution >= 0.6 is 0 Å². The quantitative estimate of drug-likeness (QED) is 0.775. The first-order chi connectivity index (χ1) is 6.19. The third-order valence-corrected chi connectivity index (χ3v) is 2.11. The third kappa shape index (κ3) is 2.18. The van der Waals surface area contributed by atoms with E-state index in [9.17, 15) is 4.39 Å². The van der Waals surface area contributed by atoms with E-state index in [0.717, 1.165) is 0 Å². The van der Waals surface area contributed by atoms with Gasteiger partial charge in [0, 0.05) is 17.7 Å². The van der Waals surface area contributed by atoms with Crippen molar-refractivity contribution in [3.8, 4) is 5.75 Å². The van der Waals surface area contributed by atoms with Crippen LogP contribution in [-0.4, -0.2) is 14.2 Å². The fourth-order valence-corrected chi connectivity index (χ4v) is 1.14. The minimum absolute atomic E-state index is 0.0194. The van der Waals surface area contributed by atoms with E-state index in [1.807, 2.05) is 6.92 Å². The molecule has 0 saturated carbocycles. The number of halogens is 1. The van der Waals surface area contributed by atoms with Crippen molar-refractivity contribution in [3.05, 3.63) is 29.6 Å². The van der Waals surface area contributed by atoms with Crippen molar-refractivity contribution in [1.29, 1.82) is 0 Å². The molecule has 13 heavy (non-hydrogen) atoms. The summed E-state index contributed by atoms with van der Waals surface area (Å²) in [6.07, 6.45) is 0. The zero-order valence-corrected chi connectivity index (χ0v) is 8.10.